The lowest BCUT2D eigenvalue weighted by Gasteiger charge is -2.33. The van der Waals surface area contributed by atoms with E-state index in [4.69, 9.17) is 8.92 Å². The molecule has 1 saturated heterocycles. The molecule has 1 aliphatic heterocycles. The lowest BCUT2D eigenvalue weighted by molar-refractivity contribution is -0.134. The molecule has 0 saturated carbocycles. The molecular formula is C22H34N2O6S. The van der Waals surface area contributed by atoms with Gasteiger partial charge in [0.2, 0.25) is 5.91 Å². The van der Waals surface area contributed by atoms with Crippen LogP contribution in [0.4, 0.5) is 4.79 Å². The molecule has 0 aliphatic carbocycles. The molecule has 174 valence electrons. The number of nitrogens with one attached hydrogen (secondary N) is 1. The molecule has 1 aromatic rings. The second-order valence-electron chi connectivity index (χ2n) is 9.01. The van der Waals surface area contributed by atoms with Gasteiger partial charge in [-0.3, -0.25) is 8.98 Å². The molecule has 2 rings (SSSR count). The number of piperidine rings is 1. The summed E-state index contributed by atoms with van der Waals surface area (Å²) in [7, 11) is -3.75. The normalized spacial score (nSPS) is 16.6. The molecule has 0 spiro atoms. The van der Waals surface area contributed by atoms with Crippen LogP contribution in [0.1, 0.15) is 52.5 Å². The Hall–Kier alpha value is -2.13. The average molecular weight is 455 g/mol. The molecule has 1 aromatic carbocycles. The van der Waals surface area contributed by atoms with Gasteiger partial charge in [-0.15, -0.1) is 0 Å². The third-order valence-corrected chi connectivity index (χ3v) is 6.43. The van der Waals surface area contributed by atoms with Crippen LogP contribution in [0.5, 0.6) is 0 Å². The van der Waals surface area contributed by atoms with E-state index in [1.54, 1.807) is 56.9 Å². The maximum Gasteiger partial charge on any atom is 0.408 e. The van der Waals surface area contributed by atoms with Crippen LogP contribution in [0, 0.1) is 12.8 Å². The largest absolute Gasteiger partial charge is 0.444 e. The summed E-state index contributed by atoms with van der Waals surface area (Å²) in [5.41, 5.74) is 0.357. The zero-order valence-corrected chi connectivity index (χ0v) is 19.8. The molecule has 2 amide bonds. The quantitative estimate of drug-likeness (QED) is 0.635. The number of hydrogen-bond donors (Lipinski definition) is 1. The predicted molar refractivity (Wildman–Crippen MR) is 117 cm³/mol. The van der Waals surface area contributed by atoms with Crippen molar-refractivity contribution >= 4 is 22.1 Å². The van der Waals surface area contributed by atoms with Crippen LogP contribution < -0.4 is 5.32 Å². The van der Waals surface area contributed by atoms with Gasteiger partial charge in [0.1, 0.15) is 11.6 Å². The molecule has 1 atom stereocenters. The zero-order valence-electron chi connectivity index (χ0n) is 19.0. The third kappa shape index (κ3) is 8.14. The monoisotopic (exact) mass is 454 g/mol. The fourth-order valence-electron chi connectivity index (χ4n) is 3.36. The number of rotatable bonds is 7. The molecule has 1 aliphatic rings. The SMILES string of the molecule is Cc1ccc(S(=O)(=O)OCCC2CCN(C(=O)C(C)NC(=O)OC(C)(C)C)CC2)cc1. The van der Waals surface area contributed by atoms with Gasteiger partial charge in [0.05, 0.1) is 11.5 Å². The summed E-state index contributed by atoms with van der Waals surface area (Å²) >= 11 is 0. The molecule has 1 N–H and O–H groups in total. The number of hydrogen-bond acceptors (Lipinski definition) is 6. The Morgan fingerprint density at radius 2 is 1.74 bits per heavy atom. The fourth-order valence-corrected chi connectivity index (χ4v) is 4.28. The zero-order chi connectivity index (χ0) is 23.2. The van der Waals surface area contributed by atoms with Gasteiger partial charge in [0.25, 0.3) is 10.1 Å². The number of amides is 2. The predicted octanol–water partition coefficient (Wildman–Crippen LogP) is 3.24. The van der Waals surface area contributed by atoms with Crippen LogP contribution in [0.25, 0.3) is 0 Å². The van der Waals surface area contributed by atoms with Crippen molar-refractivity contribution in [1.82, 2.24) is 10.2 Å². The van der Waals surface area contributed by atoms with Gasteiger partial charge in [-0.25, -0.2) is 4.79 Å². The second kappa shape index (κ2) is 10.5. The summed E-state index contributed by atoms with van der Waals surface area (Å²) in [6.45, 7) is 10.1. The second-order valence-corrected chi connectivity index (χ2v) is 10.6. The minimum atomic E-state index is -3.75. The van der Waals surface area contributed by atoms with Gasteiger partial charge in [-0.1, -0.05) is 17.7 Å². The van der Waals surface area contributed by atoms with E-state index < -0.39 is 27.9 Å². The summed E-state index contributed by atoms with van der Waals surface area (Å²) in [5.74, 6) is 0.133. The molecule has 31 heavy (non-hydrogen) atoms. The Balaban J connectivity index is 1.74. The van der Waals surface area contributed by atoms with E-state index in [0.29, 0.717) is 19.5 Å². The number of benzene rings is 1. The molecule has 0 bridgehead atoms. The number of nitrogens with zero attached hydrogens (tertiary/aromatic N) is 1. The van der Waals surface area contributed by atoms with E-state index in [-0.39, 0.29) is 23.3 Å². The molecule has 1 fully saturated rings. The number of alkyl carbamates (subject to hydrolysis) is 1. The first kappa shape index (κ1) is 25.1. The van der Waals surface area contributed by atoms with Gasteiger partial charge in [-0.05, 0) is 71.9 Å². The van der Waals surface area contributed by atoms with Crippen molar-refractivity contribution < 1.29 is 26.9 Å². The molecule has 0 aromatic heterocycles. The van der Waals surface area contributed by atoms with Gasteiger partial charge >= 0.3 is 6.09 Å². The summed E-state index contributed by atoms with van der Waals surface area (Å²) in [6.07, 6.45) is 1.52. The summed E-state index contributed by atoms with van der Waals surface area (Å²) < 4.78 is 34.9. The molecular weight excluding hydrogens is 420 g/mol. The number of carbonyl (C=O) groups is 2. The summed E-state index contributed by atoms with van der Waals surface area (Å²) in [5, 5.41) is 2.58. The van der Waals surface area contributed by atoms with E-state index >= 15 is 0 Å². The maximum atomic E-state index is 12.6. The van der Waals surface area contributed by atoms with Crippen LogP contribution in [0.15, 0.2) is 29.2 Å². The van der Waals surface area contributed by atoms with Crippen molar-refractivity contribution in [2.45, 2.75) is 70.4 Å². The highest BCUT2D eigenvalue weighted by molar-refractivity contribution is 7.86. The summed E-state index contributed by atoms with van der Waals surface area (Å²) in [6, 6.07) is 5.89. The van der Waals surface area contributed by atoms with Gasteiger partial charge in [-0.2, -0.15) is 8.42 Å². The van der Waals surface area contributed by atoms with Gasteiger partial charge in [0.15, 0.2) is 0 Å². The number of likely N-dealkylation sites (tertiary alicyclic amines) is 1. The van der Waals surface area contributed by atoms with Crippen molar-refractivity contribution in [2.75, 3.05) is 19.7 Å². The fraction of sp³-hybridized carbons (Fsp3) is 0.636. The lowest BCUT2D eigenvalue weighted by atomic mass is 9.93. The molecule has 1 heterocycles. The highest BCUT2D eigenvalue weighted by atomic mass is 32.2. The van der Waals surface area contributed by atoms with Crippen LogP contribution >= 0.6 is 0 Å². The average Bonchev–Trinajstić information content (AvgIpc) is 2.66. The summed E-state index contributed by atoms with van der Waals surface area (Å²) in [4.78, 5) is 26.3. The number of carbonyl (C=O) groups excluding carboxylic acids is 2. The van der Waals surface area contributed by atoms with Gasteiger partial charge < -0.3 is 15.0 Å². The standard InChI is InChI=1S/C22H34N2O6S/c1-16-6-8-19(9-7-16)31(27,28)29-15-12-18-10-13-24(14-11-18)20(25)17(2)23-21(26)30-22(3,4)5/h6-9,17-18H,10-15H2,1-5H3,(H,23,26). The first-order valence-electron chi connectivity index (χ1n) is 10.6. The van der Waals surface area contributed by atoms with E-state index in [1.165, 1.54) is 0 Å². The van der Waals surface area contributed by atoms with Crippen LogP contribution in [-0.2, 0) is 23.8 Å². The Morgan fingerprint density at radius 1 is 1.16 bits per heavy atom. The minimum Gasteiger partial charge on any atom is -0.444 e. The van der Waals surface area contributed by atoms with E-state index in [9.17, 15) is 18.0 Å². The Labute approximate surface area is 185 Å². The van der Waals surface area contributed by atoms with Crippen molar-refractivity contribution in [3.8, 4) is 0 Å². The van der Waals surface area contributed by atoms with E-state index in [1.807, 2.05) is 6.92 Å². The van der Waals surface area contributed by atoms with Crippen LogP contribution in [0.2, 0.25) is 0 Å². The van der Waals surface area contributed by atoms with Crippen LogP contribution in [0.3, 0.4) is 0 Å². The highest BCUT2D eigenvalue weighted by Crippen LogP contribution is 2.22. The van der Waals surface area contributed by atoms with E-state index in [2.05, 4.69) is 5.32 Å². The Bertz CT molecular complexity index is 853. The lowest BCUT2D eigenvalue weighted by Crippen LogP contribution is -2.50. The Morgan fingerprint density at radius 3 is 2.29 bits per heavy atom. The van der Waals surface area contributed by atoms with Crippen molar-refractivity contribution in [3.05, 3.63) is 29.8 Å². The first-order chi connectivity index (χ1) is 14.4. The minimum absolute atomic E-state index is 0.116. The maximum absolute atomic E-state index is 12.6. The smallest absolute Gasteiger partial charge is 0.408 e. The molecule has 1 unspecified atom stereocenters. The Kier molecular flexibility index (Phi) is 8.48. The molecule has 0 radical (unpaired) electrons. The van der Waals surface area contributed by atoms with Crippen molar-refractivity contribution in [3.63, 3.8) is 0 Å². The number of ether oxygens (including phenoxy) is 1. The van der Waals surface area contributed by atoms with Gasteiger partial charge in [0, 0.05) is 13.1 Å². The van der Waals surface area contributed by atoms with Crippen LogP contribution in [-0.4, -0.2) is 56.7 Å². The molecule has 8 nitrogen and oxygen atoms in total. The van der Waals surface area contributed by atoms with Crippen molar-refractivity contribution in [2.24, 2.45) is 5.92 Å². The van der Waals surface area contributed by atoms with Crippen molar-refractivity contribution in [1.29, 1.82) is 0 Å². The third-order valence-electron chi connectivity index (χ3n) is 5.10. The topological polar surface area (TPSA) is 102 Å². The first-order valence-corrected chi connectivity index (χ1v) is 12.0. The molecule has 9 heteroatoms. The highest BCUT2D eigenvalue weighted by Gasteiger charge is 2.28. The van der Waals surface area contributed by atoms with E-state index in [0.717, 1.165) is 18.4 Å². The number of aryl methyl sites for hydroxylation is 1.